The van der Waals surface area contributed by atoms with E-state index in [0.29, 0.717) is 19.3 Å². The fraction of sp³-hybridized carbons (Fsp3) is 0.770. The number of allylic oxidation sites excluding steroid dienone is 14. The molecule has 0 saturated heterocycles. The molecule has 0 bridgehead atoms. The molecular formula is C74H130O6. The molecule has 0 heterocycles. The number of unbranched alkanes of at least 4 members (excludes halogenated alkanes) is 38. The molecule has 0 N–H and O–H groups in total. The summed E-state index contributed by atoms with van der Waals surface area (Å²) < 4.78 is 16.9. The van der Waals surface area contributed by atoms with E-state index >= 15 is 0 Å². The fourth-order valence-corrected chi connectivity index (χ4v) is 10.0. The maximum atomic E-state index is 12.9. The zero-order chi connectivity index (χ0) is 57.8. The normalized spacial score (nSPS) is 12.6. The highest BCUT2D eigenvalue weighted by molar-refractivity contribution is 5.71. The average molecular weight is 1120 g/mol. The van der Waals surface area contributed by atoms with Crippen molar-refractivity contribution < 1.29 is 28.6 Å². The molecule has 0 aromatic carbocycles. The lowest BCUT2D eigenvalue weighted by Gasteiger charge is -2.18. The molecular weight excluding hydrogens is 985 g/mol. The van der Waals surface area contributed by atoms with Gasteiger partial charge in [-0.05, 0) is 77.0 Å². The van der Waals surface area contributed by atoms with Gasteiger partial charge >= 0.3 is 17.9 Å². The highest BCUT2D eigenvalue weighted by Gasteiger charge is 2.19. The number of carbonyl (C=O) groups is 3. The molecule has 0 radical (unpaired) electrons. The molecule has 0 spiro atoms. The second-order valence-electron chi connectivity index (χ2n) is 23.1. The van der Waals surface area contributed by atoms with Crippen LogP contribution in [0.1, 0.15) is 348 Å². The lowest BCUT2D eigenvalue weighted by molar-refractivity contribution is -0.167. The molecule has 6 nitrogen and oxygen atoms in total. The molecule has 0 aliphatic rings. The Hall–Kier alpha value is -3.41. The highest BCUT2D eigenvalue weighted by atomic mass is 16.6. The van der Waals surface area contributed by atoms with Crippen molar-refractivity contribution in [1.29, 1.82) is 0 Å². The minimum atomic E-state index is -0.789. The average Bonchev–Trinajstić information content (AvgIpc) is 3.46. The van der Waals surface area contributed by atoms with E-state index in [0.717, 1.165) is 109 Å². The van der Waals surface area contributed by atoms with Gasteiger partial charge in [-0.3, -0.25) is 14.4 Å². The van der Waals surface area contributed by atoms with E-state index in [4.69, 9.17) is 14.2 Å². The van der Waals surface area contributed by atoms with Crippen LogP contribution in [0.2, 0.25) is 0 Å². The molecule has 462 valence electrons. The fourth-order valence-electron chi connectivity index (χ4n) is 10.0. The summed E-state index contributed by atoms with van der Waals surface area (Å²) in [5.74, 6) is -0.897. The second kappa shape index (κ2) is 68.1. The second-order valence-corrected chi connectivity index (χ2v) is 23.1. The Balaban J connectivity index is 4.34. The third-order valence-corrected chi connectivity index (χ3v) is 15.2. The zero-order valence-corrected chi connectivity index (χ0v) is 53.1. The zero-order valence-electron chi connectivity index (χ0n) is 53.1. The Labute approximate surface area is 496 Å². The van der Waals surface area contributed by atoms with Gasteiger partial charge in [0.1, 0.15) is 13.2 Å². The number of esters is 3. The SMILES string of the molecule is CC/C=C\C/C=C\C/C=C\C/C=C\C/C=C\C/C=C\C/C=C\CCCCCC(=O)OCC(COC(=O)CCCCCCCCCCCCCCC)OC(=O)CCCCCCCCCCCCCCCCCCCCCCCCCC. The Morgan fingerprint density at radius 2 is 0.487 bits per heavy atom. The van der Waals surface area contributed by atoms with Gasteiger partial charge < -0.3 is 14.2 Å². The van der Waals surface area contributed by atoms with Crippen LogP contribution in [0.25, 0.3) is 0 Å². The highest BCUT2D eigenvalue weighted by Crippen LogP contribution is 2.18. The summed E-state index contributed by atoms with van der Waals surface area (Å²) >= 11 is 0. The van der Waals surface area contributed by atoms with Crippen molar-refractivity contribution in [2.24, 2.45) is 0 Å². The maximum absolute atomic E-state index is 12.9. The van der Waals surface area contributed by atoms with E-state index in [1.807, 2.05) is 0 Å². The standard InChI is InChI=1S/C74H130O6/c1-4-7-10-13-16-19-22-25-27-29-31-33-35-37-39-40-42-44-46-49-52-55-58-61-64-67-73(76)79-70-71(69-78-72(75)66-63-60-57-54-51-48-24-21-18-15-12-9-6-3)80-74(77)68-65-62-59-56-53-50-47-45-43-41-38-36-34-32-30-28-26-23-20-17-14-11-8-5-2/h7,10,16,19,25,27,31,33,37,39,42,44,49,52,71H,4-6,8-9,11-15,17-18,20-24,26,28-30,32,34-36,38,40-41,43,45-48,50-51,53-70H2,1-3H3/b10-7-,19-16-,27-25-,33-31-,39-37-,44-42-,52-49-. The molecule has 0 rings (SSSR count). The number of carbonyl (C=O) groups excluding carboxylic acids is 3. The lowest BCUT2D eigenvalue weighted by atomic mass is 10.0. The van der Waals surface area contributed by atoms with Gasteiger partial charge in [-0.15, -0.1) is 0 Å². The Morgan fingerprint density at radius 3 is 0.762 bits per heavy atom. The van der Waals surface area contributed by atoms with Gasteiger partial charge in [0.15, 0.2) is 6.10 Å². The summed E-state index contributed by atoms with van der Waals surface area (Å²) in [5, 5.41) is 0. The van der Waals surface area contributed by atoms with Crippen molar-refractivity contribution in [2.45, 2.75) is 354 Å². The van der Waals surface area contributed by atoms with Gasteiger partial charge in [0.2, 0.25) is 0 Å². The molecule has 0 aromatic rings. The molecule has 1 unspecified atom stereocenters. The van der Waals surface area contributed by atoms with Crippen LogP contribution in [0.15, 0.2) is 85.1 Å². The van der Waals surface area contributed by atoms with Crippen molar-refractivity contribution >= 4 is 17.9 Å². The van der Waals surface area contributed by atoms with Crippen molar-refractivity contribution in [3.05, 3.63) is 85.1 Å². The van der Waals surface area contributed by atoms with Crippen LogP contribution in [0.3, 0.4) is 0 Å². The molecule has 1 atom stereocenters. The van der Waals surface area contributed by atoms with E-state index in [2.05, 4.69) is 106 Å². The van der Waals surface area contributed by atoms with Crippen LogP contribution in [0.4, 0.5) is 0 Å². The van der Waals surface area contributed by atoms with Gasteiger partial charge in [-0.1, -0.05) is 337 Å². The van der Waals surface area contributed by atoms with Crippen molar-refractivity contribution in [3.8, 4) is 0 Å². The number of hydrogen-bond donors (Lipinski definition) is 0. The summed E-state index contributed by atoms with van der Waals surface area (Å²) in [7, 11) is 0. The van der Waals surface area contributed by atoms with Crippen LogP contribution < -0.4 is 0 Å². The monoisotopic (exact) mass is 1110 g/mol. The van der Waals surface area contributed by atoms with E-state index in [1.165, 1.54) is 199 Å². The summed E-state index contributed by atoms with van der Waals surface area (Å²) in [6.45, 7) is 6.55. The summed E-state index contributed by atoms with van der Waals surface area (Å²) in [4.78, 5) is 38.4. The predicted molar refractivity (Wildman–Crippen MR) is 348 cm³/mol. The van der Waals surface area contributed by atoms with E-state index in [-0.39, 0.29) is 31.1 Å². The lowest BCUT2D eigenvalue weighted by Crippen LogP contribution is -2.30. The summed E-state index contributed by atoms with van der Waals surface area (Å²) in [6, 6.07) is 0. The van der Waals surface area contributed by atoms with Gasteiger partial charge in [0, 0.05) is 19.3 Å². The first-order valence-corrected chi connectivity index (χ1v) is 34.6. The van der Waals surface area contributed by atoms with E-state index in [1.54, 1.807) is 0 Å². The first-order valence-electron chi connectivity index (χ1n) is 34.6. The first-order chi connectivity index (χ1) is 39.5. The van der Waals surface area contributed by atoms with Crippen molar-refractivity contribution in [1.82, 2.24) is 0 Å². The quantitative estimate of drug-likeness (QED) is 0.0261. The summed E-state index contributed by atoms with van der Waals surface area (Å²) in [5.41, 5.74) is 0. The smallest absolute Gasteiger partial charge is 0.306 e. The maximum Gasteiger partial charge on any atom is 0.306 e. The molecule has 0 saturated carbocycles. The molecule has 0 aliphatic carbocycles. The van der Waals surface area contributed by atoms with E-state index < -0.39 is 6.10 Å². The van der Waals surface area contributed by atoms with Crippen molar-refractivity contribution in [3.63, 3.8) is 0 Å². The molecule has 0 aromatic heterocycles. The predicted octanol–water partition coefficient (Wildman–Crippen LogP) is 23.8. The largest absolute Gasteiger partial charge is 0.462 e. The Kier molecular flexibility index (Phi) is 65.2. The van der Waals surface area contributed by atoms with Gasteiger partial charge in [0.25, 0.3) is 0 Å². The number of rotatable bonds is 63. The topological polar surface area (TPSA) is 78.9 Å². The van der Waals surface area contributed by atoms with E-state index in [9.17, 15) is 14.4 Å². The minimum absolute atomic E-state index is 0.0827. The van der Waals surface area contributed by atoms with Crippen LogP contribution in [0.5, 0.6) is 0 Å². The van der Waals surface area contributed by atoms with Gasteiger partial charge in [0.05, 0.1) is 0 Å². The molecule has 0 amide bonds. The number of hydrogen-bond acceptors (Lipinski definition) is 6. The Morgan fingerprint density at radius 1 is 0.263 bits per heavy atom. The van der Waals surface area contributed by atoms with Crippen LogP contribution in [-0.2, 0) is 28.6 Å². The van der Waals surface area contributed by atoms with Gasteiger partial charge in [-0.2, -0.15) is 0 Å². The molecule has 0 aliphatic heterocycles. The van der Waals surface area contributed by atoms with Crippen LogP contribution in [0, 0.1) is 0 Å². The molecule has 0 fully saturated rings. The summed E-state index contributed by atoms with van der Waals surface area (Å²) in [6.07, 6.45) is 90.3. The third-order valence-electron chi connectivity index (χ3n) is 15.2. The minimum Gasteiger partial charge on any atom is -0.462 e. The number of ether oxygens (including phenoxy) is 3. The van der Waals surface area contributed by atoms with Crippen molar-refractivity contribution in [2.75, 3.05) is 13.2 Å². The van der Waals surface area contributed by atoms with Gasteiger partial charge in [-0.25, -0.2) is 0 Å². The third kappa shape index (κ3) is 65.4. The van der Waals surface area contributed by atoms with Crippen LogP contribution in [-0.4, -0.2) is 37.2 Å². The molecule has 6 heteroatoms. The first kappa shape index (κ1) is 76.6. The Bertz CT molecular complexity index is 1520. The van der Waals surface area contributed by atoms with Crippen LogP contribution >= 0.6 is 0 Å². The molecule has 80 heavy (non-hydrogen) atoms.